The topological polar surface area (TPSA) is 52.6 Å². The Balaban J connectivity index is 3.65. The summed E-state index contributed by atoms with van der Waals surface area (Å²) in [6.07, 6.45) is 44.8. The third kappa shape index (κ3) is 32.8. The fourth-order valence-corrected chi connectivity index (χ4v) is 4.73. The summed E-state index contributed by atoms with van der Waals surface area (Å²) in [4.78, 5) is 24.3. The maximum absolute atomic E-state index is 12.2. The molecule has 0 spiro atoms. The summed E-state index contributed by atoms with van der Waals surface area (Å²) >= 11 is 5.95. The van der Waals surface area contributed by atoms with E-state index in [1.807, 2.05) is 0 Å². The molecular weight excluding hydrogens is 568 g/mol. The molecule has 4 nitrogen and oxygen atoms in total. The van der Waals surface area contributed by atoms with Crippen LogP contribution in [0.5, 0.6) is 0 Å². The fraction of sp³-hybridized carbons (Fsp3) is 0.692. The molecule has 0 fully saturated rings. The minimum Gasteiger partial charge on any atom is -0.462 e. The zero-order chi connectivity index (χ0) is 32.2. The van der Waals surface area contributed by atoms with E-state index in [0.717, 1.165) is 77.0 Å². The Bertz CT molecular complexity index is 796. The maximum atomic E-state index is 12.2. The van der Waals surface area contributed by atoms with Gasteiger partial charge in [0.15, 0.2) is 0 Å². The first-order valence-corrected chi connectivity index (χ1v) is 18.3. The van der Waals surface area contributed by atoms with Crippen molar-refractivity contribution >= 4 is 23.5 Å². The van der Waals surface area contributed by atoms with E-state index >= 15 is 0 Å². The Morgan fingerprint density at radius 3 is 1.48 bits per heavy atom. The van der Waals surface area contributed by atoms with Crippen molar-refractivity contribution in [3.05, 3.63) is 60.8 Å². The average molecular weight is 633 g/mol. The number of halogens is 1. The Morgan fingerprint density at radius 1 is 0.545 bits per heavy atom. The molecular formula is C39H65ClO4. The van der Waals surface area contributed by atoms with Crippen LogP contribution in [0.4, 0.5) is 0 Å². The van der Waals surface area contributed by atoms with Crippen LogP contribution < -0.4 is 0 Å². The molecule has 0 saturated carbocycles. The third-order valence-corrected chi connectivity index (χ3v) is 7.61. The molecule has 0 saturated heterocycles. The Hall–Kier alpha value is -2.07. The van der Waals surface area contributed by atoms with E-state index in [4.69, 9.17) is 21.1 Å². The van der Waals surface area contributed by atoms with E-state index in [0.29, 0.717) is 12.8 Å². The van der Waals surface area contributed by atoms with Crippen molar-refractivity contribution in [3.8, 4) is 0 Å². The number of unbranched alkanes of at least 4 members (excludes halogenated alkanes) is 13. The SMILES string of the molecule is CC/C=C/C/C=C/C/C=C/CCCCCCCC(=O)OC(CCl)COC(=O)CCCCCCC/C=C/C/C=C/CCCCC. The predicted octanol–water partition coefficient (Wildman–Crippen LogP) is 12.1. The molecule has 5 heteroatoms. The van der Waals surface area contributed by atoms with Crippen molar-refractivity contribution < 1.29 is 19.1 Å². The highest BCUT2D eigenvalue weighted by atomic mass is 35.5. The Labute approximate surface area is 276 Å². The number of hydrogen-bond donors (Lipinski definition) is 0. The van der Waals surface area contributed by atoms with Gasteiger partial charge in [-0.15, -0.1) is 11.6 Å². The minimum absolute atomic E-state index is 0.0353. The summed E-state index contributed by atoms with van der Waals surface area (Å²) < 4.78 is 10.7. The lowest BCUT2D eigenvalue weighted by molar-refractivity contribution is -0.157. The van der Waals surface area contributed by atoms with Gasteiger partial charge >= 0.3 is 11.9 Å². The van der Waals surface area contributed by atoms with Gasteiger partial charge in [-0.1, -0.05) is 126 Å². The number of carbonyl (C=O) groups excluding carboxylic acids is 2. The van der Waals surface area contributed by atoms with Crippen LogP contribution in [-0.2, 0) is 19.1 Å². The van der Waals surface area contributed by atoms with Crippen molar-refractivity contribution in [2.45, 2.75) is 161 Å². The van der Waals surface area contributed by atoms with Gasteiger partial charge in [-0.2, -0.15) is 0 Å². The number of ether oxygens (including phenoxy) is 2. The van der Waals surface area contributed by atoms with Crippen molar-refractivity contribution in [1.82, 2.24) is 0 Å². The van der Waals surface area contributed by atoms with Gasteiger partial charge in [-0.3, -0.25) is 9.59 Å². The average Bonchev–Trinajstić information content (AvgIpc) is 3.02. The molecule has 0 bridgehead atoms. The Morgan fingerprint density at radius 2 is 0.977 bits per heavy atom. The first-order valence-electron chi connectivity index (χ1n) is 17.8. The molecule has 1 atom stereocenters. The maximum Gasteiger partial charge on any atom is 0.306 e. The molecule has 0 aromatic heterocycles. The second-order valence-electron chi connectivity index (χ2n) is 11.5. The van der Waals surface area contributed by atoms with Crippen LogP contribution >= 0.6 is 11.6 Å². The van der Waals surface area contributed by atoms with Gasteiger partial charge in [0.25, 0.3) is 0 Å². The number of esters is 2. The smallest absolute Gasteiger partial charge is 0.306 e. The zero-order valence-corrected chi connectivity index (χ0v) is 29.1. The molecule has 0 heterocycles. The molecule has 0 amide bonds. The van der Waals surface area contributed by atoms with Gasteiger partial charge < -0.3 is 9.47 Å². The molecule has 0 aromatic rings. The zero-order valence-electron chi connectivity index (χ0n) is 28.3. The molecule has 0 aliphatic carbocycles. The largest absolute Gasteiger partial charge is 0.462 e. The first-order chi connectivity index (χ1) is 21.6. The lowest BCUT2D eigenvalue weighted by atomic mass is 10.1. The fourth-order valence-electron chi connectivity index (χ4n) is 4.58. The third-order valence-electron chi connectivity index (χ3n) is 7.26. The van der Waals surface area contributed by atoms with Crippen LogP contribution in [0.3, 0.4) is 0 Å². The summed E-state index contributed by atoms with van der Waals surface area (Å²) in [5.41, 5.74) is 0. The van der Waals surface area contributed by atoms with Crippen molar-refractivity contribution in [2.75, 3.05) is 12.5 Å². The van der Waals surface area contributed by atoms with Crippen molar-refractivity contribution in [2.24, 2.45) is 0 Å². The van der Waals surface area contributed by atoms with Gasteiger partial charge in [0.2, 0.25) is 0 Å². The van der Waals surface area contributed by atoms with Gasteiger partial charge in [0.1, 0.15) is 12.7 Å². The molecule has 0 aromatic carbocycles. The highest BCUT2D eigenvalue weighted by Crippen LogP contribution is 2.11. The number of rotatable bonds is 31. The van der Waals surface area contributed by atoms with Crippen LogP contribution in [0.2, 0.25) is 0 Å². The van der Waals surface area contributed by atoms with Crippen molar-refractivity contribution in [1.29, 1.82) is 0 Å². The standard InChI is InChI=1S/C39H65ClO4/c1-3-5-7-9-11-13-15-17-19-21-23-25-27-29-31-33-38(41)43-36-37(35-40)44-39(42)34-32-30-28-26-24-22-20-18-16-14-12-10-8-6-4-2/h6,8,11-14,17-20,37H,3-5,7,9-10,15-16,21-36H2,1-2H3/b8-6+,13-11+,14-12+,19-17+,20-18+. The first kappa shape index (κ1) is 41.9. The van der Waals surface area contributed by atoms with Crippen molar-refractivity contribution in [3.63, 3.8) is 0 Å². The van der Waals surface area contributed by atoms with Crippen LogP contribution in [0.25, 0.3) is 0 Å². The molecule has 0 aliphatic rings. The lowest BCUT2D eigenvalue weighted by Gasteiger charge is -2.15. The van der Waals surface area contributed by atoms with Crippen LogP contribution in [0, 0.1) is 0 Å². The van der Waals surface area contributed by atoms with Gasteiger partial charge in [-0.25, -0.2) is 0 Å². The van der Waals surface area contributed by atoms with E-state index in [2.05, 4.69) is 74.6 Å². The number of alkyl halides is 1. The molecule has 1 unspecified atom stereocenters. The summed E-state index contributed by atoms with van der Waals surface area (Å²) in [6, 6.07) is 0. The predicted molar refractivity (Wildman–Crippen MR) is 190 cm³/mol. The number of hydrogen-bond acceptors (Lipinski definition) is 4. The van der Waals surface area contributed by atoms with Crippen LogP contribution in [-0.4, -0.2) is 30.5 Å². The van der Waals surface area contributed by atoms with E-state index in [-0.39, 0.29) is 24.4 Å². The molecule has 0 N–H and O–H groups in total. The Kier molecular flexibility index (Phi) is 33.7. The monoisotopic (exact) mass is 632 g/mol. The van der Waals surface area contributed by atoms with E-state index in [1.54, 1.807) is 0 Å². The highest BCUT2D eigenvalue weighted by Gasteiger charge is 2.16. The van der Waals surface area contributed by atoms with Crippen LogP contribution in [0.1, 0.15) is 155 Å². The quantitative estimate of drug-likeness (QED) is 0.0330. The second-order valence-corrected chi connectivity index (χ2v) is 11.8. The molecule has 252 valence electrons. The summed E-state index contributed by atoms with van der Waals surface area (Å²) in [6.45, 7) is 4.42. The highest BCUT2D eigenvalue weighted by molar-refractivity contribution is 6.18. The molecule has 44 heavy (non-hydrogen) atoms. The molecule has 0 aliphatic heterocycles. The van der Waals surface area contributed by atoms with Gasteiger partial charge in [0.05, 0.1) is 5.88 Å². The number of carbonyl (C=O) groups is 2. The normalized spacial score (nSPS) is 12.9. The number of allylic oxidation sites excluding steroid dienone is 10. The second kappa shape index (κ2) is 35.4. The van der Waals surface area contributed by atoms with Crippen LogP contribution in [0.15, 0.2) is 60.8 Å². The molecule has 0 rings (SSSR count). The van der Waals surface area contributed by atoms with Gasteiger partial charge in [-0.05, 0) is 77.0 Å². The lowest BCUT2D eigenvalue weighted by Crippen LogP contribution is -2.26. The summed E-state index contributed by atoms with van der Waals surface area (Å²) in [5.74, 6) is -0.378. The molecule has 0 radical (unpaired) electrons. The van der Waals surface area contributed by atoms with Gasteiger partial charge in [0, 0.05) is 12.8 Å². The minimum atomic E-state index is -0.577. The van der Waals surface area contributed by atoms with E-state index in [9.17, 15) is 9.59 Å². The van der Waals surface area contributed by atoms with E-state index < -0.39 is 6.10 Å². The summed E-state index contributed by atoms with van der Waals surface area (Å²) in [7, 11) is 0. The van der Waals surface area contributed by atoms with E-state index in [1.165, 1.54) is 51.4 Å². The summed E-state index contributed by atoms with van der Waals surface area (Å²) in [5, 5.41) is 0.